The Balaban J connectivity index is 1.38. The van der Waals surface area contributed by atoms with Crippen LogP contribution < -0.4 is 16.0 Å². The van der Waals surface area contributed by atoms with E-state index >= 15 is 0 Å². The van der Waals surface area contributed by atoms with Gasteiger partial charge in [-0.25, -0.2) is 18.7 Å². The number of piperidine rings is 1. The molecule has 1 aliphatic rings. The maximum atomic E-state index is 13.9. The third-order valence-electron chi connectivity index (χ3n) is 7.59. The van der Waals surface area contributed by atoms with Gasteiger partial charge >= 0.3 is 0 Å². The summed E-state index contributed by atoms with van der Waals surface area (Å²) in [6.45, 7) is 2.11. The number of halogens is 3. The van der Waals surface area contributed by atoms with Crippen LogP contribution in [-0.2, 0) is 17.8 Å². The van der Waals surface area contributed by atoms with Crippen LogP contribution in [0.5, 0.6) is 5.75 Å². The van der Waals surface area contributed by atoms with Crippen molar-refractivity contribution < 1.29 is 27.9 Å². The van der Waals surface area contributed by atoms with Crippen LogP contribution in [0.4, 0.5) is 13.2 Å². The molecule has 1 aromatic heterocycles. The molecule has 39 heavy (non-hydrogen) atoms. The number of likely N-dealkylation sites (tertiary alicyclic amines) is 1. The van der Waals surface area contributed by atoms with E-state index < -0.39 is 28.8 Å². The standard InChI is InChI=1S/C28H33F3N4O3S/c1-38-20-4-5-25-22(15-20)21(18(16-32)17-33-25)3-2-6-28(27(36)34-37)7-9-35(10-8-28)11-12-39-26-23(30)13-19(29)14-24(26)31/h4-5,13-15,17,37H,2-3,6-12,16,32H2,1H3,(H,34,36). The maximum absolute atomic E-state index is 13.9. The number of amides is 1. The summed E-state index contributed by atoms with van der Waals surface area (Å²) < 4.78 is 46.4. The van der Waals surface area contributed by atoms with Gasteiger partial charge < -0.3 is 15.4 Å². The summed E-state index contributed by atoms with van der Waals surface area (Å²) in [5, 5.41) is 10.5. The molecular formula is C28H33F3N4O3S. The zero-order valence-electron chi connectivity index (χ0n) is 21.8. The normalized spacial score (nSPS) is 15.4. The second-order valence-corrected chi connectivity index (χ2v) is 10.9. The monoisotopic (exact) mass is 562 g/mol. The Morgan fingerprint density at radius 2 is 1.92 bits per heavy atom. The number of nitrogens with zero attached hydrogens (tertiary/aromatic N) is 2. The number of nitrogens with two attached hydrogens (primary N) is 1. The first-order valence-corrected chi connectivity index (χ1v) is 13.9. The first kappa shape index (κ1) is 29.1. The molecule has 0 bridgehead atoms. The highest BCUT2D eigenvalue weighted by molar-refractivity contribution is 7.99. The Bertz CT molecular complexity index is 1290. The van der Waals surface area contributed by atoms with Gasteiger partial charge in [0.15, 0.2) is 0 Å². The molecule has 0 aliphatic carbocycles. The van der Waals surface area contributed by atoms with Crippen molar-refractivity contribution in [3.8, 4) is 5.75 Å². The molecular weight excluding hydrogens is 529 g/mol. The average molecular weight is 563 g/mol. The molecule has 4 N–H and O–H groups in total. The number of hydrogen-bond acceptors (Lipinski definition) is 7. The molecule has 11 heteroatoms. The van der Waals surface area contributed by atoms with Gasteiger partial charge in [-0.1, -0.05) is 0 Å². The van der Waals surface area contributed by atoms with Gasteiger partial charge in [-0.15, -0.1) is 11.8 Å². The van der Waals surface area contributed by atoms with E-state index in [2.05, 4.69) is 9.88 Å². The number of nitrogens with one attached hydrogen (secondary N) is 1. The predicted molar refractivity (Wildman–Crippen MR) is 144 cm³/mol. The van der Waals surface area contributed by atoms with Gasteiger partial charge in [-0.05, 0) is 74.5 Å². The molecule has 1 saturated heterocycles. The van der Waals surface area contributed by atoms with Crippen LogP contribution >= 0.6 is 11.8 Å². The van der Waals surface area contributed by atoms with E-state index in [1.807, 2.05) is 23.7 Å². The summed E-state index contributed by atoms with van der Waals surface area (Å²) in [4.78, 5) is 19.3. The number of ether oxygens (including phenoxy) is 1. The molecule has 7 nitrogen and oxygen atoms in total. The van der Waals surface area contributed by atoms with Crippen LogP contribution in [0.25, 0.3) is 10.9 Å². The van der Waals surface area contributed by atoms with E-state index in [4.69, 9.17) is 10.5 Å². The quantitative estimate of drug-likeness (QED) is 0.175. The summed E-state index contributed by atoms with van der Waals surface area (Å²) in [6.07, 6.45) is 4.84. The molecule has 2 aromatic carbocycles. The van der Waals surface area contributed by atoms with Gasteiger partial charge in [0.25, 0.3) is 0 Å². The predicted octanol–water partition coefficient (Wildman–Crippen LogP) is 4.82. The van der Waals surface area contributed by atoms with Crippen LogP contribution in [-0.4, -0.2) is 53.5 Å². The summed E-state index contributed by atoms with van der Waals surface area (Å²) in [5.74, 6) is -2.02. The third kappa shape index (κ3) is 6.66. The van der Waals surface area contributed by atoms with Gasteiger partial charge in [0.2, 0.25) is 5.91 Å². The van der Waals surface area contributed by atoms with E-state index in [-0.39, 0.29) is 4.90 Å². The van der Waals surface area contributed by atoms with Gasteiger partial charge in [-0.3, -0.25) is 15.0 Å². The number of hydroxylamine groups is 1. The number of pyridine rings is 1. The van der Waals surface area contributed by atoms with E-state index in [0.717, 1.165) is 39.5 Å². The summed E-state index contributed by atoms with van der Waals surface area (Å²) in [7, 11) is 1.61. The molecule has 0 atom stereocenters. The largest absolute Gasteiger partial charge is 0.497 e. The highest BCUT2D eigenvalue weighted by Crippen LogP contribution is 2.38. The van der Waals surface area contributed by atoms with E-state index in [1.165, 1.54) is 0 Å². The van der Waals surface area contributed by atoms with Crippen LogP contribution in [0.3, 0.4) is 0 Å². The van der Waals surface area contributed by atoms with Crippen molar-refractivity contribution in [2.75, 3.05) is 32.5 Å². The molecule has 0 spiro atoms. The molecule has 0 radical (unpaired) electrons. The molecule has 2 heterocycles. The SMILES string of the molecule is COc1ccc2ncc(CN)c(CCCC3(C(=O)NO)CCN(CCSc4c(F)cc(F)cc4F)CC3)c2c1. The lowest BCUT2D eigenvalue weighted by Gasteiger charge is -2.40. The van der Waals surface area contributed by atoms with Crippen LogP contribution in [0.1, 0.15) is 36.8 Å². The minimum absolute atomic E-state index is 0.194. The van der Waals surface area contributed by atoms with Gasteiger partial charge in [0, 0.05) is 42.6 Å². The van der Waals surface area contributed by atoms with Crippen molar-refractivity contribution in [1.29, 1.82) is 0 Å². The number of aryl methyl sites for hydroxylation is 1. The Labute approximate surface area is 229 Å². The zero-order chi connectivity index (χ0) is 28.0. The lowest BCUT2D eigenvalue weighted by atomic mass is 9.73. The zero-order valence-corrected chi connectivity index (χ0v) is 22.6. The number of carbonyl (C=O) groups is 1. The first-order valence-electron chi connectivity index (χ1n) is 12.9. The topological polar surface area (TPSA) is 101 Å². The molecule has 3 aromatic rings. The number of benzene rings is 2. The third-order valence-corrected chi connectivity index (χ3v) is 8.66. The highest BCUT2D eigenvalue weighted by Gasteiger charge is 2.40. The highest BCUT2D eigenvalue weighted by atomic mass is 32.2. The second-order valence-electron chi connectivity index (χ2n) is 9.81. The molecule has 4 rings (SSSR count). The Morgan fingerprint density at radius 3 is 2.56 bits per heavy atom. The maximum Gasteiger partial charge on any atom is 0.249 e. The average Bonchev–Trinajstić information content (AvgIpc) is 2.94. The molecule has 210 valence electrons. The fourth-order valence-electron chi connectivity index (χ4n) is 5.33. The summed E-state index contributed by atoms with van der Waals surface area (Å²) in [5.41, 5.74) is 10.0. The Morgan fingerprint density at radius 1 is 1.21 bits per heavy atom. The smallest absolute Gasteiger partial charge is 0.249 e. The lowest BCUT2D eigenvalue weighted by molar-refractivity contribution is -0.143. The minimum atomic E-state index is -0.944. The summed E-state index contributed by atoms with van der Waals surface area (Å²) >= 11 is 1.00. The van der Waals surface area contributed by atoms with Crippen molar-refractivity contribution >= 4 is 28.6 Å². The van der Waals surface area contributed by atoms with Gasteiger partial charge in [0.1, 0.15) is 23.2 Å². The first-order chi connectivity index (χ1) is 18.8. The number of fused-ring (bicyclic) bond motifs is 1. The number of hydrogen-bond donors (Lipinski definition) is 3. The molecule has 1 aliphatic heterocycles. The number of methoxy groups -OCH3 is 1. The van der Waals surface area contributed by atoms with Crippen LogP contribution in [0.15, 0.2) is 41.4 Å². The van der Waals surface area contributed by atoms with Crippen LogP contribution in [0.2, 0.25) is 0 Å². The van der Waals surface area contributed by atoms with Crippen molar-refractivity contribution in [2.45, 2.75) is 43.5 Å². The van der Waals surface area contributed by atoms with Crippen molar-refractivity contribution in [3.05, 3.63) is 65.1 Å². The molecule has 0 unspecified atom stereocenters. The van der Waals surface area contributed by atoms with Gasteiger partial charge in [-0.2, -0.15) is 0 Å². The van der Waals surface area contributed by atoms with Crippen molar-refractivity contribution in [2.24, 2.45) is 11.1 Å². The molecule has 1 amide bonds. The fraction of sp³-hybridized carbons (Fsp3) is 0.429. The minimum Gasteiger partial charge on any atom is -0.497 e. The van der Waals surface area contributed by atoms with E-state index in [1.54, 1.807) is 13.3 Å². The van der Waals surface area contributed by atoms with E-state index in [9.17, 15) is 23.2 Å². The Hall–Kier alpha value is -2.86. The Kier molecular flexibility index (Phi) is 9.71. The number of thioether (sulfide) groups is 1. The van der Waals surface area contributed by atoms with Crippen LogP contribution in [0, 0.1) is 22.9 Å². The second kappa shape index (κ2) is 13.0. The van der Waals surface area contributed by atoms with E-state index in [0.29, 0.717) is 76.2 Å². The molecule has 1 fully saturated rings. The number of aromatic nitrogens is 1. The summed E-state index contributed by atoms with van der Waals surface area (Å²) in [6, 6.07) is 7.07. The fourth-order valence-corrected chi connectivity index (χ4v) is 6.27. The lowest BCUT2D eigenvalue weighted by Crippen LogP contribution is -2.48. The number of carbonyl (C=O) groups excluding carboxylic acids is 1. The van der Waals surface area contributed by atoms with Crippen molar-refractivity contribution in [3.63, 3.8) is 0 Å². The number of rotatable bonds is 11. The molecule has 0 saturated carbocycles. The van der Waals surface area contributed by atoms with Crippen molar-refractivity contribution in [1.82, 2.24) is 15.4 Å². The van der Waals surface area contributed by atoms with Gasteiger partial charge in [0.05, 0.1) is 22.9 Å².